The average molecular weight is 481 g/mol. The molecule has 8 nitrogen and oxygen atoms in total. The van der Waals surface area contributed by atoms with Gasteiger partial charge in [0.15, 0.2) is 17.3 Å². The number of pyridine rings is 2. The van der Waals surface area contributed by atoms with Crippen molar-refractivity contribution >= 4 is 17.2 Å². The summed E-state index contributed by atoms with van der Waals surface area (Å²) in [5.41, 5.74) is -0.482. The highest BCUT2D eigenvalue weighted by Gasteiger charge is 2.33. The van der Waals surface area contributed by atoms with Gasteiger partial charge in [-0.1, -0.05) is 36.4 Å². The number of nitrogens with zero attached hydrogens (tertiary/aromatic N) is 6. The van der Waals surface area contributed by atoms with Crippen molar-refractivity contribution < 1.29 is 22.4 Å². The molecule has 0 fully saturated rings. The molecule has 5 rings (SSSR count). The summed E-state index contributed by atoms with van der Waals surface area (Å²) in [5.74, 6) is -1.18. The quantitative estimate of drug-likeness (QED) is 0.379. The van der Waals surface area contributed by atoms with Gasteiger partial charge in [-0.2, -0.15) is 18.3 Å². The summed E-state index contributed by atoms with van der Waals surface area (Å²) < 4.78 is 56.6. The van der Waals surface area contributed by atoms with Crippen LogP contribution >= 0.6 is 0 Å². The molecule has 0 spiro atoms. The van der Waals surface area contributed by atoms with Gasteiger partial charge < -0.3 is 5.32 Å². The predicted octanol–water partition coefficient (Wildman–Crippen LogP) is 4.60. The number of anilines is 1. The van der Waals surface area contributed by atoms with Crippen LogP contribution < -0.4 is 5.32 Å². The molecule has 35 heavy (non-hydrogen) atoms. The van der Waals surface area contributed by atoms with E-state index in [1.54, 1.807) is 12.1 Å². The number of amides is 1. The third-order valence-corrected chi connectivity index (χ3v) is 5.17. The second kappa shape index (κ2) is 8.31. The molecule has 12 heteroatoms. The molecule has 0 bridgehead atoms. The number of carbonyl (C=O) groups is 1. The van der Waals surface area contributed by atoms with E-state index in [0.29, 0.717) is 5.82 Å². The summed E-state index contributed by atoms with van der Waals surface area (Å²) >= 11 is 0. The molecule has 4 heterocycles. The molecule has 1 amide bonds. The topological polar surface area (TPSA) is 90.0 Å². The van der Waals surface area contributed by atoms with Crippen molar-refractivity contribution in [2.75, 3.05) is 5.32 Å². The Labute approximate surface area is 194 Å². The molecule has 176 valence electrons. The Morgan fingerprint density at radius 1 is 1.03 bits per heavy atom. The molecule has 0 aliphatic rings. The van der Waals surface area contributed by atoms with Crippen molar-refractivity contribution in [1.29, 1.82) is 0 Å². The fraction of sp³-hybridized carbons (Fsp3) is 0.0870. The first-order chi connectivity index (χ1) is 16.7. The van der Waals surface area contributed by atoms with Crippen molar-refractivity contribution in [2.24, 2.45) is 7.05 Å². The predicted molar refractivity (Wildman–Crippen MR) is 118 cm³/mol. The van der Waals surface area contributed by atoms with Gasteiger partial charge in [0.05, 0.1) is 29.3 Å². The summed E-state index contributed by atoms with van der Waals surface area (Å²) in [6.07, 6.45) is -2.17. The van der Waals surface area contributed by atoms with E-state index >= 15 is 0 Å². The summed E-state index contributed by atoms with van der Waals surface area (Å²) in [5, 5.41) is 10.7. The molecule has 0 unspecified atom stereocenters. The van der Waals surface area contributed by atoms with Crippen molar-refractivity contribution in [2.45, 2.75) is 6.18 Å². The first-order valence-corrected chi connectivity index (χ1v) is 10.2. The molecule has 0 aliphatic heterocycles. The number of alkyl halides is 3. The Balaban J connectivity index is 1.48. The lowest BCUT2D eigenvalue weighted by atomic mass is 10.1. The third kappa shape index (κ3) is 4.21. The van der Waals surface area contributed by atoms with Crippen LogP contribution in [0.3, 0.4) is 0 Å². The second-order valence-corrected chi connectivity index (χ2v) is 7.53. The lowest BCUT2D eigenvalue weighted by Crippen LogP contribution is -2.18. The van der Waals surface area contributed by atoms with Gasteiger partial charge in [-0.25, -0.2) is 18.9 Å². The first-order valence-electron chi connectivity index (χ1n) is 10.2. The van der Waals surface area contributed by atoms with Crippen LogP contribution in [-0.2, 0) is 13.2 Å². The highest BCUT2D eigenvalue weighted by atomic mass is 19.4. The third-order valence-electron chi connectivity index (χ3n) is 5.17. The zero-order valence-corrected chi connectivity index (χ0v) is 18.0. The molecule has 0 saturated carbocycles. The minimum Gasteiger partial charge on any atom is -0.317 e. The minimum atomic E-state index is -4.66. The van der Waals surface area contributed by atoms with Crippen molar-refractivity contribution in [3.63, 3.8) is 0 Å². The van der Waals surface area contributed by atoms with Gasteiger partial charge in [0, 0.05) is 18.7 Å². The Morgan fingerprint density at radius 3 is 2.54 bits per heavy atom. The molecular weight excluding hydrogens is 466 g/mol. The summed E-state index contributed by atoms with van der Waals surface area (Å²) in [6, 6.07) is 13.5. The van der Waals surface area contributed by atoms with Crippen molar-refractivity contribution in [3.05, 3.63) is 84.2 Å². The lowest BCUT2D eigenvalue weighted by Gasteiger charge is -2.10. The fourth-order valence-electron chi connectivity index (χ4n) is 3.52. The second-order valence-electron chi connectivity index (χ2n) is 7.53. The van der Waals surface area contributed by atoms with Gasteiger partial charge >= 0.3 is 6.18 Å². The molecule has 4 aromatic heterocycles. The first kappa shape index (κ1) is 22.2. The fourth-order valence-corrected chi connectivity index (χ4v) is 3.52. The average Bonchev–Trinajstić information content (AvgIpc) is 3.42. The number of aromatic nitrogens is 6. The Kier molecular flexibility index (Phi) is 5.27. The van der Waals surface area contributed by atoms with Crippen LogP contribution in [0, 0.1) is 5.82 Å². The maximum absolute atomic E-state index is 14.8. The monoisotopic (exact) mass is 481 g/mol. The van der Waals surface area contributed by atoms with Gasteiger partial charge in [0.25, 0.3) is 5.91 Å². The molecule has 1 aromatic carbocycles. The van der Waals surface area contributed by atoms with E-state index in [1.165, 1.54) is 40.8 Å². The Hall–Kier alpha value is -4.61. The van der Waals surface area contributed by atoms with Gasteiger partial charge in [0.2, 0.25) is 0 Å². The van der Waals surface area contributed by atoms with Crippen molar-refractivity contribution in [1.82, 2.24) is 29.4 Å². The van der Waals surface area contributed by atoms with E-state index in [2.05, 4.69) is 25.5 Å². The maximum atomic E-state index is 14.8. The van der Waals surface area contributed by atoms with Crippen LogP contribution in [0.2, 0.25) is 0 Å². The molecule has 5 aromatic rings. The van der Waals surface area contributed by atoms with Crippen LogP contribution in [0.5, 0.6) is 0 Å². The molecule has 0 aliphatic carbocycles. The molecular formula is C23H15F4N7O. The highest BCUT2D eigenvalue weighted by molar-refractivity contribution is 6.07. The number of benzene rings is 1. The largest absolute Gasteiger partial charge is 0.433 e. The number of aryl methyl sites for hydroxylation is 1. The van der Waals surface area contributed by atoms with Crippen LogP contribution in [0.15, 0.2) is 67.0 Å². The number of carbonyl (C=O) groups excluding carboxylic acids is 1. The number of halogens is 4. The van der Waals surface area contributed by atoms with Crippen LogP contribution in [0.4, 0.5) is 23.2 Å². The summed E-state index contributed by atoms with van der Waals surface area (Å²) in [4.78, 5) is 21.0. The number of hydrogen-bond donors (Lipinski definition) is 1. The molecule has 0 atom stereocenters. The smallest absolute Gasteiger partial charge is 0.317 e. The van der Waals surface area contributed by atoms with E-state index < -0.39 is 23.6 Å². The zero-order valence-electron chi connectivity index (χ0n) is 18.0. The van der Waals surface area contributed by atoms with Gasteiger partial charge in [-0.3, -0.25) is 9.48 Å². The van der Waals surface area contributed by atoms with E-state index in [4.69, 9.17) is 0 Å². The molecule has 0 saturated heterocycles. The standard InChI is InChI=1S/C23H15F4N7O/c1-33-20(14(11-28-33)16-8-5-9-18(29-16)23(25,26)27)22(35)30-17-12-34-19(10-15(17)24)31-21(32-34)13-6-3-2-4-7-13/h2-12H,1H3,(H,30,35). The van der Waals surface area contributed by atoms with Gasteiger partial charge in [-0.15, -0.1) is 5.10 Å². The van der Waals surface area contributed by atoms with Crippen LogP contribution in [-0.4, -0.2) is 35.3 Å². The van der Waals surface area contributed by atoms with Crippen LogP contribution in [0.25, 0.3) is 28.3 Å². The Bertz CT molecular complexity index is 1560. The number of nitrogens with one attached hydrogen (secondary N) is 1. The maximum Gasteiger partial charge on any atom is 0.433 e. The number of fused-ring (bicyclic) bond motifs is 1. The summed E-state index contributed by atoms with van der Waals surface area (Å²) in [6.45, 7) is 0. The van der Waals surface area contributed by atoms with E-state index in [9.17, 15) is 22.4 Å². The van der Waals surface area contributed by atoms with E-state index in [-0.39, 0.29) is 28.3 Å². The van der Waals surface area contributed by atoms with Gasteiger partial charge in [0.1, 0.15) is 11.4 Å². The van der Waals surface area contributed by atoms with Crippen LogP contribution in [0.1, 0.15) is 16.2 Å². The Morgan fingerprint density at radius 2 is 1.80 bits per heavy atom. The molecule has 0 radical (unpaired) electrons. The normalized spacial score (nSPS) is 11.7. The zero-order chi connectivity index (χ0) is 24.7. The lowest BCUT2D eigenvalue weighted by molar-refractivity contribution is -0.141. The summed E-state index contributed by atoms with van der Waals surface area (Å²) in [7, 11) is 1.44. The van der Waals surface area contributed by atoms with Gasteiger partial charge in [-0.05, 0) is 12.1 Å². The number of rotatable bonds is 4. The highest BCUT2D eigenvalue weighted by Crippen LogP contribution is 2.30. The minimum absolute atomic E-state index is 0.0599. The number of hydrogen-bond acceptors (Lipinski definition) is 5. The molecule has 1 N–H and O–H groups in total. The van der Waals surface area contributed by atoms with E-state index in [0.717, 1.165) is 17.7 Å². The van der Waals surface area contributed by atoms with E-state index in [1.807, 2.05) is 18.2 Å². The van der Waals surface area contributed by atoms with Crippen molar-refractivity contribution in [3.8, 4) is 22.6 Å². The SMILES string of the molecule is Cn1ncc(-c2cccc(C(F)(F)F)n2)c1C(=O)Nc1cn2nc(-c3ccccc3)nc2cc1F.